The predicted octanol–water partition coefficient (Wildman–Crippen LogP) is 4.85. The van der Waals surface area contributed by atoms with Crippen LogP contribution in [0.5, 0.6) is 11.5 Å². The molecule has 0 saturated carbocycles. The standard InChI is InChI=1S/C26H26N4O3/c1-2-31-21-7-5-6-19(16-21)17-30-15-12-22(18-30)32-24-9-4-3-8-23(24)26-28-25(29-33-26)20-10-13-27-14-11-20/h3-11,13-14,16,22H,2,12,15,17-18H2,1H3. The number of likely N-dealkylation sites (tertiary alicyclic amines) is 1. The van der Waals surface area contributed by atoms with Crippen molar-refractivity contribution in [3.8, 4) is 34.3 Å². The van der Waals surface area contributed by atoms with Gasteiger partial charge >= 0.3 is 0 Å². The highest BCUT2D eigenvalue weighted by molar-refractivity contribution is 5.65. The summed E-state index contributed by atoms with van der Waals surface area (Å²) >= 11 is 0. The third-order valence-corrected chi connectivity index (χ3v) is 5.62. The van der Waals surface area contributed by atoms with E-state index in [9.17, 15) is 0 Å². The number of hydrogen-bond donors (Lipinski definition) is 0. The molecule has 0 bridgehead atoms. The Kier molecular flexibility index (Phi) is 6.30. The maximum absolute atomic E-state index is 6.40. The summed E-state index contributed by atoms with van der Waals surface area (Å²) in [7, 11) is 0. The van der Waals surface area contributed by atoms with Gasteiger partial charge in [0.05, 0.1) is 12.2 Å². The second kappa shape index (κ2) is 9.83. The van der Waals surface area contributed by atoms with E-state index in [-0.39, 0.29) is 6.10 Å². The van der Waals surface area contributed by atoms with Crippen molar-refractivity contribution in [2.24, 2.45) is 0 Å². The van der Waals surface area contributed by atoms with Crippen molar-refractivity contribution < 1.29 is 14.0 Å². The summed E-state index contributed by atoms with van der Waals surface area (Å²) in [5.41, 5.74) is 2.91. The summed E-state index contributed by atoms with van der Waals surface area (Å²) < 4.78 is 17.6. The van der Waals surface area contributed by atoms with E-state index in [2.05, 4.69) is 32.2 Å². The van der Waals surface area contributed by atoms with Gasteiger partial charge in [0.1, 0.15) is 17.6 Å². The molecule has 1 aliphatic heterocycles. The average molecular weight is 443 g/mol. The first-order valence-corrected chi connectivity index (χ1v) is 11.2. The van der Waals surface area contributed by atoms with Gasteiger partial charge in [-0.3, -0.25) is 9.88 Å². The van der Waals surface area contributed by atoms with Gasteiger partial charge in [-0.15, -0.1) is 0 Å². The van der Waals surface area contributed by atoms with E-state index in [0.29, 0.717) is 18.3 Å². The van der Waals surface area contributed by atoms with E-state index in [1.54, 1.807) is 12.4 Å². The molecule has 0 amide bonds. The van der Waals surface area contributed by atoms with E-state index in [1.807, 2.05) is 55.5 Å². The maximum Gasteiger partial charge on any atom is 0.262 e. The minimum Gasteiger partial charge on any atom is -0.494 e. The molecular formula is C26H26N4O3. The molecule has 0 N–H and O–H groups in total. The van der Waals surface area contributed by atoms with Crippen LogP contribution in [0.25, 0.3) is 22.8 Å². The highest BCUT2D eigenvalue weighted by atomic mass is 16.5. The fourth-order valence-electron chi connectivity index (χ4n) is 4.07. The Labute approximate surface area is 193 Å². The Morgan fingerprint density at radius 1 is 1.06 bits per heavy atom. The molecule has 7 nitrogen and oxygen atoms in total. The van der Waals surface area contributed by atoms with Gasteiger partial charge in [0.2, 0.25) is 5.82 Å². The lowest BCUT2D eigenvalue weighted by molar-refractivity contribution is 0.198. The number of rotatable bonds is 8. The van der Waals surface area contributed by atoms with Gasteiger partial charge in [-0.25, -0.2) is 0 Å². The molecule has 3 heterocycles. The van der Waals surface area contributed by atoms with Crippen molar-refractivity contribution in [3.63, 3.8) is 0 Å². The first-order chi connectivity index (χ1) is 16.3. The molecule has 1 fully saturated rings. The van der Waals surface area contributed by atoms with Crippen LogP contribution in [0.4, 0.5) is 0 Å². The molecule has 1 atom stereocenters. The number of nitrogens with zero attached hydrogens (tertiary/aromatic N) is 4. The molecule has 4 aromatic rings. The molecule has 5 rings (SSSR count). The van der Waals surface area contributed by atoms with E-state index in [1.165, 1.54) is 5.56 Å². The molecular weight excluding hydrogens is 416 g/mol. The van der Waals surface area contributed by atoms with Crippen molar-refractivity contribution in [1.82, 2.24) is 20.0 Å². The smallest absolute Gasteiger partial charge is 0.262 e. The molecule has 2 aromatic carbocycles. The van der Waals surface area contributed by atoms with Crippen LogP contribution in [0.1, 0.15) is 18.9 Å². The molecule has 1 unspecified atom stereocenters. The lowest BCUT2D eigenvalue weighted by Gasteiger charge is -2.18. The molecule has 0 radical (unpaired) electrons. The summed E-state index contributed by atoms with van der Waals surface area (Å²) in [5, 5.41) is 4.13. The van der Waals surface area contributed by atoms with Crippen LogP contribution in [-0.2, 0) is 6.54 Å². The van der Waals surface area contributed by atoms with E-state index in [4.69, 9.17) is 14.0 Å². The topological polar surface area (TPSA) is 73.5 Å². The minimum atomic E-state index is 0.101. The molecule has 0 spiro atoms. The van der Waals surface area contributed by atoms with Gasteiger partial charge < -0.3 is 14.0 Å². The Hall–Kier alpha value is -3.71. The predicted molar refractivity (Wildman–Crippen MR) is 125 cm³/mol. The zero-order valence-electron chi connectivity index (χ0n) is 18.6. The van der Waals surface area contributed by atoms with Crippen LogP contribution in [0, 0.1) is 0 Å². The molecule has 0 aliphatic carbocycles. The third-order valence-electron chi connectivity index (χ3n) is 5.62. The summed E-state index contributed by atoms with van der Waals surface area (Å²) in [4.78, 5) is 11.0. The van der Waals surface area contributed by atoms with Gasteiger partial charge in [-0.1, -0.05) is 29.4 Å². The van der Waals surface area contributed by atoms with Gasteiger partial charge in [0.25, 0.3) is 5.89 Å². The quantitative estimate of drug-likeness (QED) is 0.386. The first kappa shape index (κ1) is 21.2. The van der Waals surface area contributed by atoms with Crippen LogP contribution in [0.15, 0.2) is 77.6 Å². The fourth-order valence-corrected chi connectivity index (χ4v) is 4.07. The zero-order valence-corrected chi connectivity index (χ0v) is 18.6. The Morgan fingerprint density at radius 3 is 2.82 bits per heavy atom. The number of benzene rings is 2. The maximum atomic E-state index is 6.40. The SMILES string of the molecule is CCOc1cccc(CN2CCC(Oc3ccccc3-c3nc(-c4ccncc4)no3)C2)c1. The summed E-state index contributed by atoms with van der Waals surface area (Å²) in [5.74, 6) is 2.65. The fraction of sp³-hybridized carbons (Fsp3) is 0.269. The minimum absolute atomic E-state index is 0.101. The number of hydrogen-bond acceptors (Lipinski definition) is 7. The number of para-hydroxylation sites is 1. The van der Waals surface area contributed by atoms with Gasteiger partial charge in [0.15, 0.2) is 0 Å². The molecule has 1 aliphatic rings. The summed E-state index contributed by atoms with van der Waals surface area (Å²) in [6, 6.07) is 19.8. The van der Waals surface area contributed by atoms with Crippen LogP contribution in [0.2, 0.25) is 0 Å². The van der Waals surface area contributed by atoms with Crippen LogP contribution in [-0.4, -0.2) is 45.8 Å². The lowest BCUT2D eigenvalue weighted by Crippen LogP contribution is -2.24. The second-order valence-corrected chi connectivity index (χ2v) is 8.00. The summed E-state index contributed by atoms with van der Waals surface area (Å²) in [6.45, 7) is 5.40. The molecule has 168 valence electrons. The van der Waals surface area contributed by atoms with Crippen LogP contribution < -0.4 is 9.47 Å². The first-order valence-electron chi connectivity index (χ1n) is 11.2. The molecule has 33 heavy (non-hydrogen) atoms. The van der Waals surface area contributed by atoms with E-state index in [0.717, 1.165) is 48.7 Å². The van der Waals surface area contributed by atoms with Crippen molar-refractivity contribution in [2.45, 2.75) is 26.0 Å². The zero-order chi connectivity index (χ0) is 22.5. The van der Waals surface area contributed by atoms with Crippen LogP contribution >= 0.6 is 0 Å². The van der Waals surface area contributed by atoms with E-state index < -0.39 is 0 Å². The Bertz CT molecular complexity index is 1190. The van der Waals surface area contributed by atoms with Gasteiger partial charge in [-0.05, 0) is 55.3 Å². The molecule has 2 aromatic heterocycles. The normalized spacial score (nSPS) is 16.1. The van der Waals surface area contributed by atoms with Gasteiger partial charge in [0, 0.05) is 37.6 Å². The van der Waals surface area contributed by atoms with Crippen molar-refractivity contribution >= 4 is 0 Å². The van der Waals surface area contributed by atoms with Gasteiger partial charge in [-0.2, -0.15) is 4.98 Å². The number of aromatic nitrogens is 3. The lowest BCUT2D eigenvalue weighted by atomic mass is 10.2. The van der Waals surface area contributed by atoms with Crippen molar-refractivity contribution in [2.75, 3.05) is 19.7 Å². The number of ether oxygens (including phenoxy) is 2. The van der Waals surface area contributed by atoms with Crippen molar-refractivity contribution in [3.05, 3.63) is 78.6 Å². The highest BCUT2D eigenvalue weighted by Gasteiger charge is 2.25. The monoisotopic (exact) mass is 442 g/mol. The average Bonchev–Trinajstić information content (AvgIpc) is 3.51. The van der Waals surface area contributed by atoms with Crippen LogP contribution in [0.3, 0.4) is 0 Å². The molecule has 1 saturated heterocycles. The third kappa shape index (κ3) is 5.04. The Morgan fingerprint density at radius 2 is 1.94 bits per heavy atom. The van der Waals surface area contributed by atoms with E-state index >= 15 is 0 Å². The Balaban J connectivity index is 1.26. The summed E-state index contributed by atoms with van der Waals surface area (Å²) in [6.07, 6.45) is 4.48. The largest absolute Gasteiger partial charge is 0.494 e. The molecule has 7 heteroatoms. The van der Waals surface area contributed by atoms with Crippen molar-refractivity contribution in [1.29, 1.82) is 0 Å². The number of pyridine rings is 1. The highest BCUT2D eigenvalue weighted by Crippen LogP contribution is 2.32. The second-order valence-electron chi connectivity index (χ2n) is 8.00.